The van der Waals surface area contributed by atoms with Crippen LogP contribution < -0.4 is 10.1 Å². The number of alkyl carbamates (subject to hydrolysis) is 1. The van der Waals surface area contributed by atoms with Gasteiger partial charge in [-0.05, 0) is 45.0 Å². The second kappa shape index (κ2) is 10.3. The average molecular weight is 479 g/mol. The molecule has 182 valence electrons. The van der Waals surface area contributed by atoms with Gasteiger partial charge in [-0.15, -0.1) is 0 Å². The number of ether oxygens (including phenoxy) is 2. The lowest BCUT2D eigenvalue weighted by atomic mass is 10.2. The van der Waals surface area contributed by atoms with E-state index in [0.29, 0.717) is 23.0 Å². The quantitative estimate of drug-likeness (QED) is 0.344. The zero-order valence-corrected chi connectivity index (χ0v) is 19.6. The zero-order valence-electron chi connectivity index (χ0n) is 19.6. The number of hydrogen-bond donors (Lipinski definition) is 3. The number of aliphatic hydroxyl groups is 1. The second-order valence-electron chi connectivity index (χ2n) is 8.73. The summed E-state index contributed by atoms with van der Waals surface area (Å²) in [5, 5.41) is 23.0. The predicted octanol–water partition coefficient (Wildman–Crippen LogP) is 3.74. The molecule has 0 fully saturated rings. The topological polar surface area (TPSA) is 148 Å². The van der Waals surface area contributed by atoms with Crippen LogP contribution in [0.3, 0.4) is 0 Å². The van der Waals surface area contributed by atoms with E-state index in [1.807, 2.05) is 18.2 Å². The maximum absolute atomic E-state index is 12.0. The van der Waals surface area contributed by atoms with Crippen molar-refractivity contribution < 1.29 is 23.9 Å². The highest BCUT2D eigenvalue weighted by Crippen LogP contribution is 2.26. The van der Waals surface area contributed by atoms with E-state index in [1.165, 1.54) is 0 Å². The molecule has 0 unspecified atom stereocenters. The van der Waals surface area contributed by atoms with Crippen LogP contribution in [-0.4, -0.2) is 54.8 Å². The molecule has 3 N–H and O–H groups in total. The van der Waals surface area contributed by atoms with Gasteiger partial charge in [0.1, 0.15) is 11.4 Å². The third kappa shape index (κ3) is 6.64. The van der Waals surface area contributed by atoms with Crippen LogP contribution in [0.1, 0.15) is 26.7 Å². The number of aliphatic hydroxyl groups excluding tert-OH is 1. The highest BCUT2D eigenvalue weighted by molar-refractivity contribution is 5.68. The fraction of sp³-hybridized carbons (Fsp3) is 0.292. The van der Waals surface area contributed by atoms with Crippen LogP contribution >= 0.6 is 0 Å². The third-order valence-corrected chi connectivity index (χ3v) is 4.69. The molecule has 0 aliphatic heterocycles. The van der Waals surface area contributed by atoms with E-state index in [0.717, 1.165) is 11.3 Å². The molecule has 0 saturated carbocycles. The highest BCUT2D eigenvalue weighted by Gasteiger charge is 2.21. The highest BCUT2D eigenvalue weighted by atomic mass is 16.6. The van der Waals surface area contributed by atoms with Gasteiger partial charge in [0.05, 0.1) is 18.3 Å². The first kappa shape index (κ1) is 23.9. The van der Waals surface area contributed by atoms with Gasteiger partial charge in [0.15, 0.2) is 0 Å². The first-order chi connectivity index (χ1) is 16.8. The molecular weight excluding hydrogens is 452 g/mol. The Hall–Kier alpha value is -4.25. The summed E-state index contributed by atoms with van der Waals surface area (Å²) in [7, 11) is 0. The molecule has 11 heteroatoms. The lowest BCUT2D eigenvalue weighted by Gasteiger charge is -2.22. The summed E-state index contributed by atoms with van der Waals surface area (Å²) in [6.07, 6.45) is 2.88. The van der Waals surface area contributed by atoms with Crippen molar-refractivity contribution in [1.82, 2.24) is 30.6 Å². The van der Waals surface area contributed by atoms with Crippen molar-refractivity contribution in [1.29, 1.82) is 0 Å². The summed E-state index contributed by atoms with van der Waals surface area (Å²) >= 11 is 0. The molecular formula is C24H26N6O5. The van der Waals surface area contributed by atoms with Gasteiger partial charge in [-0.3, -0.25) is 5.10 Å². The van der Waals surface area contributed by atoms with Crippen LogP contribution in [0.4, 0.5) is 4.79 Å². The van der Waals surface area contributed by atoms with Crippen LogP contribution in [0.5, 0.6) is 11.6 Å². The van der Waals surface area contributed by atoms with Crippen LogP contribution in [0, 0.1) is 0 Å². The first-order valence-electron chi connectivity index (χ1n) is 11.0. The van der Waals surface area contributed by atoms with Gasteiger partial charge < -0.3 is 24.4 Å². The Morgan fingerprint density at radius 3 is 2.74 bits per heavy atom. The summed E-state index contributed by atoms with van der Waals surface area (Å²) in [6.45, 7) is 4.96. The number of aromatic nitrogens is 5. The Morgan fingerprint density at radius 2 is 2.06 bits per heavy atom. The summed E-state index contributed by atoms with van der Waals surface area (Å²) in [5.41, 5.74) is 1.78. The monoisotopic (exact) mass is 478 g/mol. The molecule has 0 radical (unpaired) electrons. The molecule has 4 rings (SSSR count). The van der Waals surface area contributed by atoms with Gasteiger partial charge in [-0.25, -0.2) is 9.78 Å². The molecule has 3 aromatic heterocycles. The fourth-order valence-corrected chi connectivity index (χ4v) is 3.14. The van der Waals surface area contributed by atoms with Crippen molar-refractivity contribution in [3.8, 4) is 34.3 Å². The van der Waals surface area contributed by atoms with Gasteiger partial charge in [0.2, 0.25) is 17.6 Å². The standard InChI is InChI=1S/C24H26N6O5/c1-24(2,3)34-23(32)27-17(14-31)12-21-28-22(30-35-21)15-5-4-6-18(11-15)33-20-8-7-16(13-25-20)19-9-10-26-29-19/h4-11,13,17,31H,12,14H2,1-3H3,(H,26,29)(H,27,32)/t17-/m0/s1. The minimum absolute atomic E-state index is 0.144. The van der Waals surface area contributed by atoms with E-state index in [9.17, 15) is 9.90 Å². The van der Waals surface area contributed by atoms with E-state index in [1.54, 1.807) is 57.4 Å². The summed E-state index contributed by atoms with van der Waals surface area (Å²) in [5.74, 6) is 1.59. The summed E-state index contributed by atoms with van der Waals surface area (Å²) in [6, 6.07) is 12.1. The molecule has 11 nitrogen and oxygen atoms in total. The van der Waals surface area contributed by atoms with E-state index in [-0.39, 0.29) is 18.9 Å². The lowest BCUT2D eigenvalue weighted by Crippen LogP contribution is -2.42. The minimum Gasteiger partial charge on any atom is -0.444 e. The molecule has 35 heavy (non-hydrogen) atoms. The van der Waals surface area contributed by atoms with E-state index in [4.69, 9.17) is 14.0 Å². The molecule has 3 heterocycles. The van der Waals surface area contributed by atoms with Crippen molar-refractivity contribution in [2.24, 2.45) is 0 Å². The number of rotatable bonds is 8. The molecule has 1 aromatic carbocycles. The summed E-state index contributed by atoms with van der Waals surface area (Å²) < 4.78 is 16.4. The van der Waals surface area contributed by atoms with Gasteiger partial charge in [-0.2, -0.15) is 10.1 Å². The Balaban J connectivity index is 1.40. The van der Waals surface area contributed by atoms with Crippen molar-refractivity contribution >= 4 is 6.09 Å². The van der Waals surface area contributed by atoms with Crippen LogP contribution in [0.15, 0.2) is 59.4 Å². The second-order valence-corrected chi connectivity index (χ2v) is 8.73. The number of benzene rings is 1. The van der Waals surface area contributed by atoms with Gasteiger partial charge >= 0.3 is 6.09 Å². The predicted molar refractivity (Wildman–Crippen MR) is 126 cm³/mol. The smallest absolute Gasteiger partial charge is 0.407 e. The average Bonchev–Trinajstić information content (AvgIpc) is 3.51. The number of pyridine rings is 1. The summed E-state index contributed by atoms with van der Waals surface area (Å²) in [4.78, 5) is 20.7. The maximum Gasteiger partial charge on any atom is 0.407 e. The third-order valence-electron chi connectivity index (χ3n) is 4.69. The molecule has 0 bridgehead atoms. The van der Waals surface area contributed by atoms with E-state index >= 15 is 0 Å². The Bertz CT molecular complexity index is 1250. The zero-order chi connectivity index (χ0) is 24.8. The van der Waals surface area contributed by atoms with E-state index in [2.05, 4.69) is 30.6 Å². The van der Waals surface area contributed by atoms with E-state index < -0.39 is 17.7 Å². The number of nitrogens with zero attached hydrogens (tertiary/aromatic N) is 4. The number of nitrogens with one attached hydrogen (secondary N) is 2. The molecule has 4 aromatic rings. The van der Waals surface area contributed by atoms with Gasteiger partial charge in [0.25, 0.3) is 0 Å². The number of aromatic amines is 1. The van der Waals surface area contributed by atoms with Crippen LogP contribution in [0.25, 0.3) is 22.6 Å². The minimum atomic E-state index is -0.647. The molecule has 0 aliphatic rings. The van der Waals surface area contributed by atoms with Crippen molar-refractivity contribution in [2.45, 2.75) is 38.8 Å². The first-order valence-corrected chi connectivity index (χ1v) is 11.0. The fourth-order valence-electron chi connectivity index (χ4n) is 3.14. The molecule has 0 aliphatic carbocycles. The maximum atomic E-state index is 12.0. The number of hydrogen-bond acceptors (Lipinski definition) is 9. The van der Waals surface area contributed by atoms with Crippen molar-refractivity contribution in [2.75, 3.05) is 6.61 Å². The Kier molecular flexibility index (Phi) is 7.06. The Labute approximate surface area is 201 Å². The normalized spacial score (nSPS) is 12.2. The van der Waals surface area contributed by atoms with Crippen LogP contribution in [0.2, 0.25) is 0 Å². The number of amides is 1. The van der Waals surface area contributed by atoms with Gasteiger partial charge in [0, 0.05) is 36.0 Å². The molecule has 1 amide bonds. The molecule has 0 spiro atoms. The number of H-pyrrole nitrogens is 1. The number of carbonyl (C=O) groups is 1. The Morgan fingerprint density at radius 1 is 1.20 bits per heavy atom. The largest absolute Gasteiger partial charge is 0.444 e. The lowest BCUT2D eigenvalue weighted by molar-refractivity contribution is 0.0480. The van der Waals surface area contributed by atoms with Crippen molar-refractivity contribution in [3.05, 3.63) is 60.7 Å². The molecule has 0 saturated heterocycles. The van der Waals surface area contributed by atoms with Gasteiger partial charge in [-0.1, -0.05) is 17.3 Å². The molecule has 1 atom stereocenters. The SMILES string of the molecule is CC(C)(C)OC(=O)N[C@H](CO)Cc1nc(-c2cccc(Oc3ccc(-c4ccn[nH]4)cn3)c2)no1. The van der Waals surface area contributed by atoms with Crippen LogP contribution in [-0.2, 0) is 11.2 Å². The van der Waals surface area contributed by atoms with Crippen molar-refractivity contribution in [3.63, 3.8) is 0 Å². The number of carbonyl (C=O) groups excluding carboxylic acids is 1.